The van der Waals surface area contributed by atoms with Gasteiger partial charge in [0.1, 0.15) is 5.75 Å². The largest absolute Gasteiger partial charge is 0.497 e. The van der Waals surface area contributed by atoms with Crippen LogP contribution in [0.3, 0.4) is 0 Å². The van der Waals surface area contributed by atoms with E-state index in [1.54, 1.807) is 18.9 Å². The summed E-state index contributed by atoms with van der Waals surface area (Å²) in [5, 5.41) is 10.5. The molecule has 1 aromatic heterocycles. The molecule has 0 radical (unpaired) electrons. The van der Waals surface area contributed by atoms with E-state index in [0.29, 0.717) is 24.3 Å². The highest BCUT2D eigenvalue weighted by Gasteiger charge is 2.40. The highest BCUT2D eigenvalue weighted by atomic mass is 32.1. The Kier molecular flexibility index (Phi) is 4.25. The molecule has 0 saturated carbocycles. The summed E-state index contributed by atoms with van der Waals surface area (Å²) in [7, 11) is 1.62. The number of piperidine rings is 1. The number of nitrogens with zero attached hydrogens (tertiary/aromatic N) is 1. The van der Waals surface area contributed by atoms with Gasteiger partial charge in [0.05, 0.1) is 17.4 Å². The Bertz CT molecular complexity index is 813. The van der Waals surface area contributed by atoms with Crippen LogP contribution < -0.4 is 4.74 Å². The number of carbonyl (C=O) groups excluding carboxylic acids is 1. The zero-order valence-electron chi connectivity index (χ0n) is 14.1. The highest BCUT2D eigenvalue weighted by molar-refractivity contribution is 7.21. The van der Waals surface area contributed by atoms with Gasteiger partial charge in [-0.15, -0.1) is 11.3 Å². The first kappa shape index (κ1) is 16.8. The van der Waals surface area contributed by atoms with Gasteiger partial charge in [0.2, 0.25) is 0 Å². The SMILES string of the molecule is COc1ccc2sc(C(=O)N3CCCC(C)(C(=O)O)C3)c(C)c2c1. The number of carbonyl (C=O) groups is 2. The third-order valence-electron chi connectivity index (χ3n) is 4.84. The van der Waals surface area contributed by atoms with Crippen molar-refractivity contribution in [3.63, 3.8) is 0 Å². The second kappa shape index (κ2) is 6.09. The van der Waals surface area contributed by atoms with Gasteiger partial charge >= 0.3 is 5.97 Å². The lowest BCUT2D eigenvalue weighted by Crippen LogP contribution is -2.48. The van der Waals surface area contributed by atoms with Crippen molar-refractivity contribution in [2.45, 2.75) is 26.7 Å². The summed E-state index contributed by atoms with van der Waals surface area (Å²) in [5.74, 6) is -0.142. The number of hydrogen-bond donors (Lipinski definition) is 1. The van der Waals surface area contributed by atoms with Gasteiger partial charge in [0.15, 0.2) is 0 Å². The van der Waals surface area contributed by atoms with Gasteiger partial charge < -0.3 is 14.7 Å². The van der Waals surface area contributed by atoms with E-state index in [1.165, 1.54) is 11.3 Å². The maximum atomic E-state index is 13.0. The molecule has 6 heteroatoms. The Morgan fingerprint density at radius 1 is 1.38 bits per heavy atom. The summed E-state index contributed by atoms with van der Waals surface area (Å²) in [6.45, 7) is 4.53. The molecule has 2 heterocycles. The van der Waals surface area contributed by atoms with Crippen molar-refractivity contribution in [1.29, 1.82) is 0 Å². The second-order valence-electron chi connectivity index (χ2n) is 6.61. The van der Waals surface area contributed by atoms with Crippen LogP contribution in [0.5, 0.6) is 5.75 Å². The van der Waals surface area contributed by atoms with Gasteiger partial charge in [0.25, 0.3) is 5.91 Å². The van der Waals surface area contributed by atoms with Crippen LogP contribution in [-0.2, 0) is 4.79 Å². The lowest BCUT2D eigenvalue weighted by Gasteiger charge is -2.37. The molecule has 1 N–H and O–H groups in total. The van der Waals surface area contributed by atoms with Crippen LogP contribution in [0.4, 0.5) is 0 Å². The van der Waals surface area contributed by atoms with Crippen molar-refractivity contribution < 1.29 is 19.4 Å². The zero-order valence-corrected chi connectivity index (χ0v) is 14.9. The van der Waals surface area contributed by atoms with Crippen LogP contribution >= 0.6 is 11.3 Å². The number of thiophene rings is 1. The van der Waals surface area contributed by atoms with Gasteiger partial charge in [-0.3, -0.25) is 9.59 Å². The van der Waals surface area contributed by atoms with E-state index in [1.807, 2.05) is 25.1 Å². The first-order valence-corrected chi connectivity index (χ1v) is 8.77. The standard InChI is InChI=1S/C18H21NO4S/c1-11-13-9-12(23-3)5-6-14(13)24-15(11)16(20)19-8-4-7-18(2,10-19)17(21)22/h5-6,9H,4,7-8,10H2,1-3H3,(H,21,22). The fraction of sp³-hybridized carbons (Fsp3) is 0.444. The van der Waals surface area contributed by atoms with E-state index in [-0.39, 0.29) is 12.5 Å². The molecule has 3 rings (SSSR count). The predicted octanol–water partition coefficient (Wildman–Crippen LogP) is 3.55. The first-order chi connectivity index (χ1) is 11.4. The molecule has 1 amide bonds. The first-order valence-electron chi connectivity index (χ1n) is 7.95. The molecule has 1 aromatic carbocycles. The number of aliphatic carboxylic acids is 1. The van der Waals surface area contributed by atoms with Gasteiger partial charge in [-0.05, 0) is 55.8 Å². The number of rotatable bonds is 3. The molecule has 0 bridgehead atoms. The number of hydrogen-bond acceptors (Lipinski definition) is 4. The van der Waals surface area contributed by atoms with Crippen LogP contribution in [0.25, 0.3) is 10.1 Å². The number of aryl methyl sites for hydroxylation is 1. The molecule has 1 unspecified atom stereocenters. The molecule has 0 aliphatic carbocycles. The number of benzene rings is 1. The monoisotopic (exact) mass is 347 g/mol. The summed E-state index contributed by atoms with van der Waals surface area (Å²) >= 11 is 1.46. The summed E-state index contributed by atoms with van der Waals surface area (Å²) in [6.07, 6.45) is 1.32. The minimum Gasteiger partial charge on any atom is -0.497 e. The fourth-order valence-electron chi connectivity index (χ4n) is 3.26. The summed E-state index contributed by atoms with van der Waals surface area (Å²) < 4.78 is 6.30. The Balaban J connectivity index is 1.94. The summed E-state index contributed by atoms with van der Waals surface area (Å²) in [4.78, 5) is 26.9. The molecule has 1 saturated heterocycles. The van der Waals surface area contributed by atoms with Crippen LogP contribution in [0.1, 0.15) is 35.0 Å². The van der Waals surface area contributed by atoms with E-state index in [4.69, 9.17) is 4.74 Å². The molecular weight excluding hydrogens is 326 g/mol. The van der Waals surface area contributed by atoms with Crippen LogP contribution in [0.15, 0.2) is 18.2 Å². The molecule has 5 nitrogen and oxygen atoms in total. The lowest BCUT2D eigenvalue weighted by molar-refractivity contribution is -0.150. The zero-order chi connectivity index (χ0) is 17.5. The number of likely N-dealkylation sites (tertiary alicyclic amines) is 1. The second-order valence-corrected chi connectivity index (χ2v) is 7.67. The Hall–Kier alpha value is -2.08. The van der Waals surface area contributed by atoms with Gasteiger partial charge in [-0.2, -0.15) is 0 Å². The molecule has 24 heavy (non-hydrogen) atoms. The minimum absolute atomic E-state index is 0.0696. The quantitative estimate of drug-likeness (QED) is 0.922. The van der Waals surface area contributed by atoms with Crippen molar-refractivity contribution in [2.24, 2.45) is 5.41 Å². The van der Waals surface area contributed by atoms with Crippen molar-refractivity contribution in [3.8, 4) is 5.75 Å². The highest BCUT2D eigenvalue weighted by Crippen LogP contribution is 2.36. The normalized spacial score (nSPS) is 21.0. The van der Waals surface area contributed by atoms with E-state index >= 15 is 0 Å². The van der Waals surface area contributed by atoms with Crippen molar-refractivity contribution in [2.75, 3.05) is 20.2 Å². The van der Waals surface area contributed by atoms with Gasteiger partial charge in [0, 0.05) is 17.8 Å². The van der Waals surface area contributed by atoms with Crippen molar-refractivity contribution >= 4 is 33.3 Å². The molecule has 2 aromatic rings. The van der Waals surface area contributed by atoms with Crippen LogP contribution in [-0.4, -0.2) is 42.1 Å². The maximum absolute atomic E-state index is 13.0. The predicted molar refractivity (Wildman–Crippen MR) is 94.0 cm³/mol. The number of carboxylic acid groups (broad SMARTS) is 1. The smallest absolute Gasteiger partial charge is 0.311 e. The van der Waals surface area contributed by atoms with E-state index in [0.717, 1.165) is 21.4 Å². The van der Waals surface area contributed by atoms with Gasteiger partial charge in [-0.25, -0.2) is 0 Å². The van der Waals surface area contributed by atoms with E-state index in [9.17, 15) is 14.7 Å². The van der Waals surface area contributed by atoms with Crippen LogP contribution in [0, 0.1) is 12.3 Å². The molecular formula is C18H21NO4S. The molecule has 128 valence electrons. The summed E-state index contributed by atoms with van der Waals surface area (Å²) in [5.41, 5.74) is 0.0725. The Morgan fingerprint density at radius 2 is 2.12 bits per heavy atom. The molecule has 0 spiro atoms. The number of ether oxygens (including phenoxy) is 1. The third-order valence-corrected chi connectivity index (χ3v) is 6.10. The Morgan fingerprint density at radius 3 is 2.79 bits per heavy atom. The van der Waals surface area contributed by atoms with Crippen LogP contribution in [0.2, 0.25) is 0 Å². The van der Waals surface area contributed by atoms with E-state index < -0.39 is 11.4 Å². The number of methoxy groups -OCH3 is 1. The maximum Gasteiger partial charge on any atom is 0.311 e. The minimum atomic E-state index is -0.859. The third kappa shape index (κ3) is 2.75. The topological polar surface area (TPSA) is 66.8 Å². The van der Waals surface area contributed by atoms with Gasteiger partial charge in [-0.1, -0.05) is 0 Å². The molecule has 1 aliphatic heterocycles. The summed E-state index contributed by atoms with van der Waals surface area (Å²) in [6, 6.07) is 5.78. The van der Waals surface area contributed by atoms with Crippen molar-refractivity contribution in [1.82, 2.24) is 4.90 Å². The fourth-order valence-corrected chi connectivity index (χ4v) is 4.42. The van der Waals surface area contributed by atoms with Crippen molar-refractivity contribution in [3.05, 3.63) is 28.6 Å². The van der Waals surface area contributed by atoms with E-state index in [2.05, 4.69) is 0 Å². The molecule has 1 atom stereocenters. The average molecular weight is 347 g/mol. The number of amides is 1. The Labute approximate surface area is 144 Å². The molecule has 1 aliphatic rings. The lowest BCUT2D eigenvalue weighted by atomic mass is 9.82. The average Bonchev–Trinajstić information content (AvgIpc) is 2.90. The molecule has 1 fully saturated rings. The number of fused-ring (bicyclic) bond motifs is 1. The number of carboxylic acids is 1.